The highest BCUT2D eigenvalue weighted by Gasteiger charge is 2.27. The van der Waals surface area contributed by atoms with E-state index in [1.165, 1.54) is 304 Å². The van der Waals surface area contributed by atoms with Crippen molar-refractivity contribution < 1.29 is 0 Å². The van der Waals surface area contributed by atoms with Crippen LogP contribution in [0.3, 0.4) is 0 Å². The van der Waals surface area contributed by atoms with Crippen LogP contribution in [0.1, 0.15) is 0 Å². The Morgan fingerprint density at radius 3 is 0.650 bits per heavy atom. The van der Waals surface area contributed by atoms with Crippen LogP contribution in [0.25, 0.3) is 304 Å². The van der Waals surface area contributed by atoms with E-state index < -0.39 is 0 Å². The monoisotopic (exact) mass is 1760 g/mol. The Morgan fingerprint density at radius 1 is 0.0786 bits per heavy atom. The van der Waals surface area contributed by atoms with Gasteiger partial charge in [0.2, 0.25) is 0 Å². The number of fused-ring (bicyclic) bond motifs is 22. The van der Waals surface area contributed by atoms with Crippen molar-refractivity contribution in [2.45, 2.75) is 0 Å². The lowest BCUT2D eigenvalue weighted by atomic mass is 9.82. The molecule has 0 saturated carbocycles. The molecule has 0 saturated heterocycles. The molecule has 0 N–H and O–H groups in total. The van der Waals surface area contributed by atoms with Gasteiger partial charge in [-0.1, -0.05) is 449 Å². The first-order valence-electron chi connectivity index (χ1n) is 48.8. The van der Waals surface area contributed by atoms with Crippen molar-refractivity contribution in [2.24, 2.45) is 0 Å². The third-order valence-electron chi connectivity index (χ3n) is 30.6. The molecule has 0 aliphatic heterocycles. The van der Waals surface area contributed by atoms with Crippen molar-refractivity contribution in [3.8, 4) is 66.8 Å². The van der Waals surface area contributed by atoms with E-state index >= 15 is 0 Å². The number of hydrogen-bond donors (Lipinski definition) is 0. The molecule has 31 rings (SSSR count). The fraction of sp³-hybridized carbons (Fsp3) is 0. The molecule has 0 aromatic heterocycles. The van der Waals surface area contributed by atoms with Crippen LogP contribution in [-0.2, 0) is 0 Å². The molecule has 0 aliphatic carbocycles. The van der Waals surface area contributed by atoms with Crippen molar-refractivity contribution >= 4 is 237 Å². The zero-order valence-corrected chi connectivity index (χ0v) is 76.5. The molecule has 0 atom stereocenters. The lowest BCUT2D eigenvalue weighted by molar-refractivity contribution is 1.69. The summed E-state index contributed by atoms with van der Waals surface area (Å²) in [6, 6.07) is 189. The van der Waals surface area contributed by atoms with E-state index in [1.807, 2.05) is 0 Å². The molecular weight excluding hydrogens is 1680 g/mol. The summed E-state index contributed by atoms with van der Waals surface area (Å²) in [5.41, 5.74) is 15.5. The van der Waals surface area contributed by atoms with E-state index in [4.69, 9.17) is 0 Å². The Labute approximate surface area is 807 Å². The van der Waals surface area contributed by atoms with Crippen molar-refractivity contribution in [3.63, 3.8) is 0 Å². The third-order valence-corrected chi connectivity index (χ3v) is 30.6. The lowest BCUT2D eigenvalue weighted by Gasteiger charge is -2.21. The fourth-order valence-electron chi connectivity index (χ4n) is 24.5. The Kier molecular flexibility index (Phi) is 17.9. The van der Waals surface area contributed by atoms with Gasteiger partial charge >= 0.3 is 0 Å². The molecular formula is C140H84. The maximum atomic E-state index is 2.38. The number of benzene rings is 31. The SMILES string of the molecule is c1ccc2cc3c(ccc4c(-c5c6ccccc6c(-c6c7ccccc7cc7ccccc67)c6ccccc56)cccc43)cc2c1.c1ccc2cc3c(ccc4c(-c5c6ccccc6c(-c6ccc7ccc8cccc9ccc6c7c89)c6ccccc56)cccc43)cc2c1.c1ccc2cc3cc(-c4c5ccccc5c(-c5cccc6c5ccc5cc7ccccc7cc56)c5ccccc45)ccc3cc2c1. The highest BCUT2D eigenvalue weighted by atomic mass is 14.3. The molecule has 0 aliphatic rings. The lowest BCUT2D eigenvalue weighted by Crippen LogP contribution is -1.93. The smallest absolute Gasteiger partial charge is 0.00139 e. The number of rotatable bonds is 6. The van der Waals surface area contributed by atoms with Crippen LogP contribution in [0.4, 0.5) is 0 Å². The second-order valence-corrected chi connectivity index (χ2v) is 38.1. The molecule has 644 valence electrons. The molecule has 0 heterocycles. The predicted molar refractivity (Wildman–Crippen MR) is 608 cm³/mol. The summed E-state index contributed by atoms with van der Waals surface area (Å²) in [6.07, 6.45) is 0. The van der Waals surface area contributed by atoms with Crippen molar-refractivity contribution in [1.29, 1.82) is 0 Å². The first-order valence-corrected chi connectivity index (χ1v) is 48.8. The van der Waals surface area contributed by atoms with Gasteiger partial charge in [-0.3, -0.25) is 0 Å². The standard InChI is InChI=1S/C48H28.2C46H28/c1-2-10-33-28-44-34(27-32(33)9-1)23-24-36-35(44)17-8-18-37(36)47-38-13-3-5-15-40(38)48(41-16-6-4-14-39(41)47)43-26-22-31-20-19-29-11-7-12-30-21-25-42(43)46(31)45(29)30;1-2-13-30-28-43-33(26-29(30)12-1)24-25-37-36(43)22-11-23-38(37)44-39-18-7-9-20-41(39)46(42-21-10-8-19-40(42)44)45-34-16-5-3-14-31(34)27-32-15-4-6-17-35(32)45;1-2-12-31-26-36-27-35(21-20-33(36)24-29(31)10-1)45-40-14-5-7-16-42(40)46(43-17-8-6-15-41(43)45)39-19-9-18-37-38(39)23-22-34-25-30-11-3-4-13-32(30)28-44(34)37/h1-28H;2*1-28H. The predicted octanol–water partition coefficient (Wildman–Crippen LogP) is 39.9. The molecule has 0 radical (unpaired) electrons. The second kappa shape index (κ2) is 31.7. The van der Waals surface area contributed by atoms with E-state index in [1.54, 1.807) is 0 Å². The van der Waals surface area contributed by atoms with E-state index in [2.05, 4.69) is 510 Å². The summed E-state index contributed by atoms with van der Waals surface area (Å²) in [7, 11) is 0. The summed E-state index contributed by atoms with van der Waals surface area (Å²) in [4.78, 5) is 0. The molecule has 0 unspecified atom stereocenters. The van der Waals surface area contributed by atoms with Crippen LogP contribution in [0.15, 0.2) is 510 Å². The molecule has 0 heteroatoms. The molecule has 31 aromatic rings. The summed E-state index contributed by atoms with van der Waals surface area (Å²) >= 11 is 0. The zero-order chi connectivity index (χ0) is 91.7. The first-order chi connectivity index (χ1) is 69.4. The van der Waals surface area contributed by atoms with Gasteiger partial charge in [0.15, 0.2) is 0 Å². The third kappa shape index (κ3) is 12.4. The van der Waals surface area contributed by atoms with Gasteiger partial charge in [-0.15, -0.1) is 0 Å². The highest BCUT2D eigenvalue weighted by molar-refractivity contribution is 6.34. The summed E-state index contributed by atoms with van der Waals surface area (Å²) in [6.45, 7) is 0. The fourth-order valence-corrected chi connectivity index (χ4v) is 24.5. The van der Waals surface area contributed by atoms with Crippen LogP contribution < -0.4 is 0 Å². The summed E-state index contributed by atoms with van der Waals surface area (Å²) < 4.78 is 0. The molecule has 31 aromatic carbocycles. The van der Waals surface area contributed by atoms with Crippen molar-refractivity contribution in [1.82, 2.24) is 0 Å². The van der Waals surface area contributed by atoms with Gasteiger partial charge in [0, 0.05) is 0 Å². The zero-order valence-electron chi connectivity index (χ0n) is 76.5. The highest BCUT2D eigenvalue weighted by Crippen LogP contribution is 2.54. The average molecular weight is 1770 g/mol. The summed E-state index contributed by atoms with van der Waals surface area (Å²) in [5.74, 6) is 0. The van der Waals surface area contributed by atoms with Crippen LogP contribution in [0.2, 0.25) is 0 Å². The average Bonchev–Trinajstić information content (AvgIpc) is 0.586. The van der Waals surface area contributed by atoms with Gasteiger partial charge in [0.05, 0.1) is 0 Å². The Morgan fingerprint density at radius 2 is 0.286 bits per heavy atom. The molecule has 140 heavy (non-hydrogen) atoms. The van der Waals surface area contributed by atoms with E-state index in [-0.39, 0.29) is 0 Å². The molecule has 0 bridgehead atoms. The second-order valence-electron chi connectivity index (χ2n) is 38.1. The Balaban J connectivity index is 0.000000101. The van der Waals surface area contributed by atoms with Crippen molar-refractivity contribution in [3.05, 3.63) is 510 Å². The minimum absolute atomic E-state index is 1.25. The normalized spacial score (nSPS) is 12.0. The maximum Gasteiger partial charge on any atom is -0.00139 e. The van der Waals surface area contributed by atoms with Crippen LogP contribution in [-0.4, -0.2) is 0 Å². The number of hydrogen-bond acceptors (Lipinski definition) is 0. The van der Waals surface area contributed by atoms with E-state index in [9.17, 15) is 0 Å². The van der Waals surface area contributed by atoms with Gasteiger partial charge < -0.3 is 0 Å². The van der Waals surface area contributed by atoms with Crippen LogP contribution in [0, 0.1) is 0 Å². The van der Waals surface area contributed by atoms with Gasteiger partial charge in [0.25, 0.3) is 0 Å². The molecule has 0 fully saturated rings. The quantitative estimate of drug-likeness (QED) is 0.115. The minimum atomic E-state index is 1.25. The maximum absolute atomic E-state index is 2.38. The van der Waals surface area contributed by atoms with Gasteiger partial charge in [0.1, 0.15) is 0 Å². The minimum Gasteiger partial charge on any atom is -0.0616 e. The molecule has 0 nitrogen and oxygen atoms in total. The first kappa shape index (κ1) is 79.2. The van der Waals surface area contributed by atoms with E-state index in [0.29, 0.717) is 0 Å². The Bertz CT molecular complexity index is 10500. The molecule has 0 amide bonds. The van der Waals surface area contributed by atoms with Crippen LogP contribution in [0.5, 0.6) is 0 Å². The largest absolute Gasteiger partial charge is 0.0616 e. The summed E-state index contributed by atoms with van der Waals surface area (Å²) in [5, 5.41) is 56.5. The van der Waals surface area contributed by atoms with Crippen LogP contribution >= 0.6 is 0 Å². The van der Waals surface area contributed by atoms with Gasteiger partial charge in [-0.2, -0.15) is 0 Å². The topological polar surface area (TPSA) is 0 Å². The molecule has 0 spiro atoms. The van der Waals surface area contributed by atoms with Gasteiger partial charge in [-0.25, -0.2) is 0 Å². The van der Waals surface area contributed by atoms with E-state index in [0.717, 1.165) is 0 Å². The Hall–Kier alpha value is -18.2. The van der Waals surface area contributed by atoms with Gasteiger partial charge in [-0.05, 0) is 364 Å². The van der Waals surface area contributed by atoms with Crippen molar-refractivity contribution in [2.75, 3.05) is 0 Å².